The second-order valence-electron chi connectivity index (χ2n) is 4.31. The first kappa shape index (κ1) is 13.6. The number of rotatable bonds is 4. The van der Waals surface area contributed by atoms with E-state index in [1.807, 2.05) is 24.3 Å². The Labute approximate surface area is 116 Å². The molecule has 4 nitrogen and oxygen atoms in total. The van der Waals surface area contributed by atoms with E-state index in [9.17, 15) is 4.79 Å². The molecule has 100 valence electrons. The molecular weight excluding hydrogens is 254 g/mol. The highest BCUT2D eigenvalue weighted by molar-refractivity contribution is 5.72. The zero-order valence-corrected chi connectivity index (χ0v) is 10.9. The van der Waals surface area contributed by atoms with Crippen LogP contribution in [0.15, 0.2) is 48.5 Å². The second-order valence-corrected chi connectivity index (χ2v) is 4.31. The molecule has 0 unspecified atom stereocenters. The SMILES string of the molecule is C[C@@H](Oc1ccc(-c2ccc(C#N)cc2)cc1)C(=O)O. The van der Waals surface area contributed by atoms with Gasteiger partial charge in [-0.1, -0.05) is 24.3 Å². The van der Waals surface area contributed by atoms with Crippen molar-refractivity contribution < 1.29 is 14.6 Å². The Morgan fingerprint density at radius 3 is 2.05 bits per heavy atom. The molecule has 0 saturated carbocycles. The fourth-order valence-corrected chi connectivity index (χ4v) is 1.72. The number of ether oxygens (including phenoxy) is 1. The van der Waals surface area contributed by atoms with Crippen molar-refractivity contribution in [3.8, 4) is 22.9 Å². The largest absolute Gasteiger partial charge is 0.479 e. The third-order valence-electron chi connectivity index (χ3n) is 2.86. The summed E-state index contributed by atoms with van der Waals surface area (Å²) in [4.78, 5) is 10.7. The maximum absolute atomic E-state index is 10.7. The molecule has 0 amide bonds. The third kappa shape index (κ3) is 3.15. The average Bonchev–Trinajstić information content (AvgIpc) is 2.48. The minimum absolute atomic E-state index is 0.511. The number of hydrogen-bond donors (Lipinski definition) is 1. The van der Waals surface area contributed by atoms with Crippen molar-refractivity contribution in [1.82, 2.24) is 0 Å². The maximum Gasteiger partial charge on any atom is 0.344 e. The van der Waals surface area contributed by atoms with Gasteiger partial charge in [0.05, 0.1) is 11.6 Å². The van der Waals surface area contributed by atoms with Crippen LogP contribution in [0, 0.1) is 11.3 Å². The summed E-state index contributed by atoms with van der Waals surface area (Å²) in [6.07, 6.45) is -0.879. The summed E-state index contributed by atoms with van der Waals surface area (Å²) >= 11 is 0. The summed E-state index contributed by atoms with van der Waals surface area (Å²) in [6.45, 7) is 1.48. The lowest BCUT2D eigenvalue weighted by atomic mass is 10.0. The Morgan fingerprint density at radius 1 is 1.10 bits per heavy atom. The summed E-state index contributed by atoms with van der Waals surface area (Å²) in [5.41, 5.74) is 2.58. The van der Waals surface area contributed by atoms with Crippen LogP contribution in [0.3, 0.4) is 0 Å². The topological polar surface area (TPSA) is 70.3 Å². The monoisotopic (exact) mass is 267 g/mol. The molecule has 2 rings (SSSR count). The van der Waals surface area contributed by atoms with Crippen molar-refractivity contribution >= 4 is 5.97 Å². The molecule has 0 radical (unpaired) electrons. The normalized spacial score (nSPS) is 11.4. The lowest BCUT2D eigenvalue weighted by molar-refractivity contribution is -0.144. The average molecular weight is 267 g/mol. The molecule has 4 heteroatoms. The number of hydrogen-bond acceptors (Lipinski definition) is 3. The van der Waals surface area contributed by atoms with Gasteiger partial charge in [-0.3, -0.25) is 0 Å². The van der Waals surface area contributed by atoms with E-state index in [4.69, 9.17) is 15.1 Å². The van der Waals surface area contributed by atoms with Crippen molar-refractivity contribution in [2.24, 2.45) is 0 Å². The van der Waals surface area contributed by atoms with Crippen molar-refractivity contribution in [3.05, 3.63) is 54.1 Å². The number of carbonyl (C=O) groups is 1. The van der Waals surface area contributed by atoms with Gasteiger partial charge < -0.3 is 9.84 Å². The molecule has 0 bridgehead atoms. The third-order valence-corrected chi connectivity index (χ3v) is 2.86. The van der Waals surface area contributed by atoms with Gasteiger partial charge in [0.2, 0.25) is 0 Å². The lowest BCUT2D eigenvalue weighted by Crippen LogP contribution is -2.22. The van der Waals surface area contributed by atoms with Crippen LogP contribution < -0.4 is 4.74 Å². The van der Waals surface area contributed by atoms with Gasteiger partial charge >= 0.3 is 5.97 Å². The van der Waals surface area contributed by atoms with E-state index in [-0.39, 0.29) is 0 Å². The van der Waals surface area contributed by atoms with E-state index < -0.39 is 12.1 Å². The summed E-state index contributed by atoms with van der Waals surface area (Å²) in [5, 5.41) is 17.5. The van der Waals surface area contributed by atoms with Crippen molar-refractivity contribution in [3.63, 3.8) is 0 Å². The van der Waals surface area contributed by atoms with Gasteiger partial charge in [0.15, 0.2) is 6.10 Å². The van der Waals surface area contributed by atoms with Crippen LogP contribution in [0.2, 0.25) is 0 Å². The van der Waals surface area contributed by atoms with Gasteiger partial charge in [0.1, 0.15) is 5.75 Å². The first-order chi connectivity index (χ1) is 9.60. The van der Waals surface area contributed by atoms with Crippen LogP contribution in [-0.2, 0) is 4.79 Å². The molecule has 2 aromatic carbocycles. The first-order valence-corrected chi connectivity index (χ1v) is 6.10. The Hall–Kier alpha value is -2.80. The molecule has 0 aliphatic heterocycles. The van der Waals surface area contributed by atoms with Gasteiger partial charge in [-0.2, -0.15) is 5.26 Å². The summed E-state index contributed by atoms with van der Waals surface area (Å²) in [7, 11) is 0. The number of carboxylic acids is 1. The first-order valence-electron chi connectivity index (χ1n) is 6.10. The highest BCUT2D eigenvalue weighted by Crippen LogP contribution is 2.23. The molecule has 0 aromatic heterocycles. The quantitative estimate of drug-likeness (QED) is 0.924. The molecular formula is C16H13NO3. The van der Waals surface area contributed by atoms with E-state index in [1.165, 1.54) is 6.92 Å². The number of carboxylic acid groups (broad SMARTS) is 1. The Balaban J connectivity index is 2.15. The van der Waals surface area contributed by atoms with Crippen molar-refractivity contribution in [1.29, 1.82) is 5.26 Å². The van der Waals surface area contributed by atoms with Gasteiger partial charge in [0, 0.05) is 0 Å². The van der Waals surface area contributed by atoms with Crippen LogP contribution >= 0.6 is 0 Å². The maximum atomic E-state index is 10.7. The van der Waals surface area contributed by atoms with Crippen LogP contribution in [0.5, 0.6) is 5.75 Å². The van der Waals surface area contributed by atoms with E-state index in [1.54, 1.807) is 24.3 Å². The number of nitrogens with zero attached hydrogens (tertiary/aromatic N) is 1. The van der Waals surface area contributed by atoms with E-state index in [2.05, 4.69) is 6.07 Å². The number of benzene rings is 2. The predicted molar refractivity (Wildman–Crippen MR) is 74.3 cm³/mol. The van der Waals surface area contributed by atoms with Crippen molar-refractivity contribution in [2.45, 2.75) is 13.0 Å². The van der Waals surface area contributed by atoms with E-state index >= 15 is 0 Å². The second kappa shape index (κ2) is 5.89. The standard InChI is InChI=1S/C16H13NO3/c1-11(16(18)19)20-15-8-6-14(7-9-15)13-4-2-12(10-17)3-5-13/h2-9,11H,1H3,(H,18,19)/t11-/m1/s1. The lowest BCUT2D eigenvalue weighted by Gasteiger charge is -2.10. The van der Waals surface area contributed by atoms with Gasteiger partial charge in [0.25, 0.3) is 0 Å². The molecule has 0 saturated heterocycles. The zero-order valence-electron chi connectivity index (χ0n) is 10.9. The number of nitriles is 1. The molecule has 20 heavy (non-hydrogen) atoms. The Bertz CT molecular complexity index is 639. The molecule has 1 atom stereocenters. The molecule has 0 spiro atoms. The molecule has 0 aliphatic rings. The van der Waals surface area contributed by atoms with Crippen molar-refractivity contribution in [2.75, 3.05) is 0 Å². The summed E-state index contributed by atoms with van der Waals surface area (Å²) in [6, 6.07) is 16.5. The molecule has 0 fully saturated rings. The highest BCUT2D eigenvalue weighted by atomic mass is 16.5. The number of aliphatic carboxylic acids is 1. The fourth-order valence-electron chi connectivity index (χ4n) is 1.72. The molecule has 1 N–H and O–H groups in total. The molecule has 0 aliphatic carbocycles. The van der Waals surface area contributed by atoms with Crippen LogP contribution in [-0.4, -0.2) is 17.2 Å². The minimum atomic E-state index is -0.999. The Kier molecular flexibility index (Phi) is 4.02. The van der Waals surface area contributed by atoms with Gasteiger partial charge in [-0.05, 0) is 42.3 Å². The van der Waals surface area contributed by atoms with Gasteiger partial charge in [-0.25, -0.2) is 4.79 Å². The van der Waals surface area contributed by atoms with Crippen LogP contribution in [0.4, 0.5) is 0 Å². The zero-order chi connectivity index (χ0) is 14.5. The van der Waals surface area contributed by atoms with E-state index in [0.29, 0.717) is 11.3 Å². The highest BCUT2D eigenvalue weighted by Gasteiger charge is 2.12. The summed E-state index contributed by atoms with van der Waals surface area (Å²) in [5.74, 6) is -0.488. The minimum Gasteiger partial charge on any atom is -0.479 e. The fraction of sp³-hybridized carbons (Fsp3) is 0.125. The van der Waals surface area contributed by atoms with Crippen LogP contribution in [0.1, 0.15) is 12.5 Å². The van der Waals surface area contributed by atoms with Gasteiger partial charge in [-0.15, -0.1) is 0 Å². The molecule has 2 aromatic rings. The van der Waals surface area contributed by atoms with E-state index in [0.717, 1.165) is 11.1 Å². The summed E-state index contributed by atoms with van der Waals surface area (Å²) < 4.78 is 5.26. The predicted octanol–water partition coefficient (Wildman–Crippen LogP) is 3.08. The molecule has 0 heterocycles. The Morgan fingerprint density at radius 2 is 1.60 bits per heavy atom. The van der Waals surface area contributed by atoms with Crippen LogP contribution in [0.25, 0.3) is 11.1 Å². The smallest absolute Gasteiger partial charge is 0.344 e.